The minimum atomic E-state index is -0.293. The highest BCUT2D eigenvalue weighted by Gasteiger charge is 2.04. The zero-order valence-electron chi connectivity index (χ0n) is 9.29. The van der Waals surface area contributed by atoms with Crippen LogP contribution in [0.5, 0.6) is 5.75 Å². The van der Waals surface area contributed by atoms with Crippen LogP contribution in [-0.4, -0.2) is 12.6 Å². The van der Waals surface area contributed by atoms with Crippen LogP contribution in [0, 0.1) is 5.82 Å². The Morgan fingerprint density at radius 1 is 1.47 bits per heavy atom. The van der Waals surface area contributed by atoms with Crippen LogP contribution >= 0.6 is 0 Å². The number of aryl methyl sites for hydroxylation is 1. The number of hydrogen-bond donors (Lipinski definition) is 1. The van der Waals surface area contributed by atoms with E-state index >= 15 is 0 Å². The minimum absolute atomic E-state index is 0.152. The van der Waals surface area contributed by atoms with Gasteiger partial charge in [-0.3, -0.25) is 0 Å². The SMILES string of the molecule is CCOc1ccc(CCC(C)N)cc1F. The van der Waals surface area contributed by atoms with E-state index in [1.165, 1.54) is 6.07 Å². The molecule has 1 unspecified atom stereocenters. The summed E-state index contributed by atoms with van der Waals surface area (Å²) in [7, 11) is 0. The predicted molar refractivity (Wildman–Crippen MR) is 59.5 cm³/mol. The van der Waals surface area contributed by atoms with Gasteiger partial charge in [0.15, 0.2) is 11.6 Å². The average molecular weight is 211 g/mol. The average Bonchev–Trinajstić information content (AvgIpc) is 2.19. The van der Waals surface area contributed by atoms with Gasteiger partial charge in [0.05, 0.1) is 6.61 Å². The van der Waals surface area contributed by atoms with E-state index in [4.69, 9.17) is 10.5 Å². The van der Waals surface area contributed by atoms with Crippen molar-refractivity contribution in [1.82, 2.24) is 0 Å². The lowest BCUT2D eigenvalue weighted by Gasteiger charge is -2.08. The molecule has 15 heavy (non-hydrogen) atoms. The summed E-state index contributed by atoms with van der Waals surface area (Å²) in [5, 5.41) is 0. The molecule has 0 aliphatic rings. The Labute approximate surface area is 90.2 Å². The third-order valence-corrected chi connectivity index (χ3v) is 2.18. The molecule has 0 spiro atoms. The Balaban J connectivity index is 2.64. The molecule has 1 atom stereocenters. The number of halogens is 1. The van der Waals surface area contributed by atoms with Crippen molar-refractivity contribution in [3.05, 3.63) is 29.6 Å². The second-order valence-corrected chi connectivity index (χ2v) is 3.71. The molecule has 0 saturated heterocycles. The lowest BCUT2D eigenvalue weighted by atomic mass is 10.1. The molecule has 0 amide bonds. The number of nitrogens with two attached hydrogens (primary N) is 1. The van der Waals surface area contributed by atoms with Crippen molar-refractivity contribution in [2.24, 2.45) is 5.73 Å². The summed E-state index contributed by atoms with van der Waals surface area (Å²) in [6.45, 7) is 4.27. The van der Waals surface area contributed by atoms with Crippen LogP contribution in [0.25, 0.3) is 0 Å². The summed E-state index contributed by atoms with van der Waals surface area (Å²) in [4.78, 5) is 0. The van der Waals surface area contributed by atoms with Crippen molar-refractivity contribution in [1.29, 1.82) is 0 Å². The zero-order valence-corrected chi connectivity index (χ0v) is 9.29. The molecule has 0 saturated carbocycles. The fourth-order valence-corrected chi connectivity index (χ4v) is 1.37. The smallest absolute Gasteiger partial charge is 0.165 e. The highest BCUT2D eigenvalue weighted by molar-refractivity contribution is 5.29. The molecule has 0 heterocycles. The maximum absolute atomic E-state index is 13.4. The lowest BCUT2D eigenvalue weighted by molar-refractivity contribution is 0.321. The first-order chi connectivity index (χ1) is 7.13. The Hall–Kier alpha value is -1.09. The van der Waals surface area contributed by atoms with Gasteiger partial charge in [0.25, 0.3) is 0 Å². The second-order valence-electron chi connectivity index (χ2n) is 3.71. The van der Waals surface area contributed by atoms with Gasteiger partial charge >= 0.3 is 0 Å². The van der Waals surface area contributed by atoms with E-state index in [0.29, 0.717) is 12.4 Å². The standard InChI is InChI=1S/C12H18FNO/c1-3-15-12-7-6-10(8-11(12)13)5-4-9(2)14/h6-9H,3-5,14H2,1-2H3. The third-order valence-electron chi connectivity index (χ3n) is 2.18. The monoisotopic (exact) mass is 211 g/mol. The van der Waals surface area contributed by atoms with E-state index in [0.717, 1.165) is 18.4 Å². The van der Waals surface area contributed by atoms with Crippen molar-refractivity contribution >= 4 is 0 Å². The summed E-state index contributed by atoms with van der Waals surface area (Å²) in [5.74, 6) is 0.0288. The fraction of sp³-hybridized carbons (Fsp3) is 0.500. The Morgan fingerprint density at radius 2 is 2.20 bits per heavy atom. The lowest BCUT2D eigenvalue weighted by Crippen LogP contribution is -2.15. The summed E-state index contributed by atoms with van der Waals surface area (Å²) < 4.78 is 18.5. The van der Waals surface area contributed by atoms with Gasteiger partial charge in [-0.15, -0.1) is 0 Å². The maximum atomic E-state index is 13.4. The van der Waals surface area contributed by atoms with Crippen molar-refractivity contribution in [3.63, 3.8) is 0 Å². The van der Waals surface area contributed by atoms with E-state index < -0.39 is 0 Å². The van der Waals surface area contributed by atoms with Gasteiger partial charge in [0, 0.05) is 6.04 Å². The van der Waals surface area contributed by atoms with E-state index in [9.17, 15) is 4.39 Å². The van der Waals surface area contributed by atoms with Crippen LogP contribution in [0.4, 0.5) is 4.39 Å². The summed E-state index contributed by atoms with van der Waals surface area (Å²) in [6, 6.07) is 5.23. The van der Waals surface area contributed by atoms with Gasteiger partial charge in [-0.2, -0.15) is 0 Å². The first-order valence-corrected chi connectivity index (χ1v) is 5.30. The molecule has 2 nitrogen and oxygen atoms in total. The molecule has 0 aliphatic carbocycles. The predicted octanol–water partition coefficient (Wildman–Crippen LogP) is 2.50. The van der Waals surface area contributed by atoms with E-state index in [-0.39, 0.29) is 11.9 Å². The molecule has 1 aromatic rings. The molecule has 1 rings (SSSR count). The number of hydrogen-bond acceptors (Lipinski definition) is 2. The first kappa shape index (κ1) is 12.0. The molecule has 0 fully saturated rings. The topological polar surface area (TPSA) is 35.2 Å². The molecule has 2 N–H and O–H groups in total. The molecule has 1 aromatic carbocycles. The van der Waals surface area contributed by atoms with Gasteiger partial charge in [-0.1, -0.05) is 6.07 Å². The highest BCUT2D eigenvalue weighted by atomic mass is 19.1. The molecular weight excluding hydrogens is 193 g/mol. The number of benzene rings is 1. The Kier molecular flexibility index (Phi) is 4.56. The highest BCUT2D eigenvalue weighted by Crippen LogP contribution is 2.19. The van der Waals surface area contributed by atoms with E-state index in [1.807, 2.05) is 19.9 Å². The molecule has 0 bridgehead atoms. The Bertz CT molecular complexity index is 312. The van der Waals surface area contributed by atoms with Gasteiger partial charge in [-0.25, -0.2) is 4.39 Å². The Morgan fingerprint density at radius 3 is 2.73 bits per heavy atom. The van der Waals surface area contributed by atoms with Crippen LogP contribution in [-0.2, 0) is 6.42 Å². The quantitative estimate of drug-likeness (QED) is 0.812. The normalized spacial score (nSPS) is 12.5. The van der Waals surface area contributed by atoms with Gasteiger partial charge in [0.2, 0.25) is 0 Å². The van der Waals surface area contributed by atoms with E-state index in [2.05, 4.69) is 0 Å². The van der Waals surface area contributed by atoms with Crippen LogP contribution < -0.4 is 10.5 Å². The van der Waals surface area contributed by atoms with Crippen molar-refractivity contribution < 1.29 is 9.13 Å². The maximum Gasteiger partial charge on any atom is 0.165 e. The van der Waals surface area contributed by atoms with Crippen molar-refractivity contribution in [2.45, 2.75) is 32.7 Å². The molecule has 3 heteroatoms. The second kappa shape index (κ2) is 5.71. The number of rotatable bonds is 5. The molecule has 0 aliphatic heterocycles. The fourth-order valence-electron chi connectivity index (χ4n) is 1.37. The molecule has 0 radical (unpaired) electrons. The van der Waals surface area contributed by atoms with Crippen LogP contribution in [0.3, 0.4) is 0 Å². The van der Waals surface area contributed by atoms with Crippen LogP contribution in [0.2, 0.25) is 0 Å². The van der Waals surface area contributed by atoms with Gasteiger partial charge in [0.1, 0.15) is 0 Å². The largest absolute Gasteiger partial charge is 0.491 e. The molecular formula is C12H18FNO. The molecule has 0 aromatic heterocycles. The minimum Gasteiger partial charge on any atom is -0.491 e. The first-order valence-electron chi connectivity index (χ1n) is 5.30. The summed E-state index contributed by atoms with van der Waals surface area (Å²) in [6.07, 6.45) is 1.68. The van der Waals surface area contributed by atoms with E-state index in [1.54, 1.807) is 6.07 Å². The van der Waals surface area contributed by atoms with Gasteiger partial charge in [-0.05, 0) is 44.4 Å². The van der Waals surface area contributed by atoms with Crippen molar-refractivity contribution in [2.75, 3.05) is 6.61 Å². The third kappa shape index (κ3) is 3.88. The molecule has 84 valence electrons. The van der Waals surface area contributed by atoms with Crippen LogP contribution in [0.1, 0.15) is 25.8 Å². The number of ether oxygens (including phenoxy) is 1. The zero-order chi connectivity index (χ0) is 11.3. The van der Waals surface area contributed by atoms with Gasteiger partial charge < -0.3 is 10.5 Å². The summed E-state index contributed by atoms with van der Waals surface area (Å²) in [5.41, 5.74) is 6.60. The van der Waals surface area contributed by atoms with Crippen molar-refractivity contribution in [3.8, 4) is 5.75 Å². The summed E-state index contributed by atoms with van der Waals surface area (Å²) >= 11 is 0. The van der Waals surface area contributed by atoms with Crippen LogP contribution in [0.15, 0.2) is 18.2 Å².